The number of nitrogens with one attached hydrogen (secondary N) is 1. The van der Waals surface area contributed by atoms with Gasteiger partial charge in [0.1, 0.15) is 0 Å². The number of piperidine rings is 1. The van der Waals surface area contributed by atoms with Crippen LogP contribution >= 0.6 is 0 Å². The number of hydrogen-bond acceptors (Lipinski definition) is 3. The van der Waals surface area contributed by atoms with Crippen molar-refractivity contribution in [3.8, 4) is 0 Å². The summed E-state index contributed by atoms with van der Waals surface area (Å²) in [4.78, 5) is 24.2. The molecular formula is C10H19N3O2. The van der Waals surface area contributed by atoms with Gasteiger partial charge in [0.2, 0.25) is 11.8 Å². The molecule has 1 heterocycles. The normalized spacial score (nSPS) is 17.6. The van der Waals surface area contributed by atoms with Gasteiger partial charge in [-0.2, -0.15) is 0 Å². The van der Waals surface area contributed by atoms with E-state index in [-0.39, 0.29) is 24.4 Å². The average molecular weight is 213 g/mol. The first-order valence-corrected chi connectivity index (χ1v) is 5.44. The van der Waals surface area contributed by atoms with Crippen molar-refractivity contribution in [3.63, 3.8) is 0 Å². The van der Waals surface area contributed by atoms with E-state index in [0.29, 0.717) is 19.5 Å². The molecule has 1 aliphatic heterocycles. The number of nitrogens with two attached hydrogens (primary N) is 1. The summed E-state index contributed by atoms with van der Waals surface area (Å²) in [6.45, 7) is 3.31. The SMILES string of the molecule is CCC(=O)NC1CCN(C(=O)CN)CC1. The highest BCUT2D eigenvalue weighted by Crippen LogP contribution is 2.10. The zero-order valence-electron chi connectivity index (χ0n) is 9.16. The fraction of sp³-hybridized carbons (Fsp3) is 0.800. The number of amides is 2. The van der Waals surface area contributed by atoms with Gasteiger partial charge in [-0.25, -0.2) is 0 Å². The smallest absolute Gasteiger partial charge is 0.236 e. The first kappa shape index (κ1) is 12.0. The minimum Gasteiger partial charge on any atom is -0.353 e. The predicted molar refractivity (Wildman–Crippen MR) is 57.1 cm³/mol. The summed E-state index contributed by atoms with van der Waals surface area (Å²) in [6, 6.07) is 0.222. The van der Waals surface area contributed by atoms with Gasteiger partial charge in [0.15, 0.2) is 0 Å². The van der Waals surface area contributed by atoms with Gasteiger partial charge < -0.3 is 16.0 Å². The second-order valence-electron chi connectivity index (χ2n) is 3.78. The lowest BCUT2D eigenvalue weighted by molar-refractivity contribution is -0.130. The first-order valence-electron chi connectivity index (χ1n) is 5.44. The van der Waals surface area contributed by atoms with Crippen LogP contribution in [0.4, 0.5) is 0 Å². The van der Waals surface area contributed by atoms with Gasteiger partial charge >= 0.3 is 0 Å². The van der Waals surface area contributed by atoms with Gasteiger partial charge in [0, 0.05) is 25.6 Å². The topological polar surface area (TPSA) is 75.4 Å². The maximum atomic E-state index is 11.3. The Morgan fingerprint density at radius 2 is 2.00 bits per heavy atom. The van der Waals surface area contributed by atoms with Crippen LogP contribution < -0.4 is 11.1 Å². The van der Waals surface area contributed by atoms with Crippen LogP contribution in [-0.4, -0.2) is 42.4 Å². The monoisotopic (exact) mass is 213 g/mol. The maximum absolute atomic E-state index is 11.3. The van der Waals surface area contributed by atoms with Crippen molar-refractivity contribution in [2.45, 2.75) is 32.2 Å². The van der Waals surface area contributed by atoms with Gasteiger partial charge in [-0.3, -0.25) is 9.59 Å². The van der Waals surface area contributed by atoms with E-state index >= 15 is 0 Å². The molecule has 86 valence electrons. The first-order chi connectivity index (χ1) is 7.17. The highest BCUT2D eigenvalue weighted by Gasteiger charge is 2.22. The maximum Gasteiger partial charge on any atom is 0.236 e. The highest BCUT2D eigenvalue weighted by atomic mass is 16.2. The van der Waals surface area contributed by atoms with E-state index in [1.54, 1.807) is 4.90 Å². The number of rotatable bonds is 3. The fourth-order valence-corrected chi connectivity index (χ4v) is 1.73. The number of carbonyl (C=O) groups is 2. The minimum atomic E-state index is -0.00438. The summed E-state index contributed by atoms with van der Waals surface area (Å²) in [5.41, 5.74) is 5.28. The van der Waals surface area contributed by atoms with Crippen LogP contribution in [0.3, 0.4) is 0 Å². The lowest BCUT2D eigenvalue weighted by Crippen LogP contribution is -2.47. The van der Waals surface area contributed by atoms with Crippen molar-refractivity contribution in [1.29, 1.82) is 0 Å². The molecule has 0 aromatic rings. The van der Waals surface area contributed by atoms with Crippen molar-refractivity contribution < 1.29 is 9.59 Å². The summed E-state index contributed by atoms with van der Waals surface area (Å²) in [5.74, 6) is 0.0777. The molecule has 5 heteroatoms. The molecule has 2 amide bonds. The van der Waals surface area contributed by atoms with E-state index in [4.69, 9.17) is 5.73 Å². The van der Waals surface area contributed by atoms with Gasteiger partial charge in [-0.15, -0.1) is 0 Å². The van der Waals surface area contributed by atoms with Gasteiger partial charge in [-0.05, 0) is 12.8 Å². The van der Waals surface area contributed by atoms with Crippen LogP contribution in [0.5, 0.6) is 0 Å². The summed E-state index contributed by atoms with van der Waals surface area (Å²) in [5, 5.41) is 2.94. The Balaban J connectivity index is 2.29. The predicted octanol–water partition coefficient (Wildman–Crippen LogP) is -0.538. The Labute approximate surface area is 90.0 Å². The number of carbonyl (C=O) groups excluding carboxylic acids is 2. The molecule has 1 rings (SSSR count). The Bertz CT molecular complexity index is 235. The Hall–Kier alpha value is -1.10. The molecule has 0 bridgehead atoms. The third kappa shape index (κ3) is 3.51. The standard InChI is InChI=1S/C10H19N3O2/c1-2-9(14)12-8-3-5-13(6-4-8)10(15)7-11/h8H,2-7,11H2,1H3,(H,12,14). The van der Waals surface area contributed by atoms with Crippen LogP contribution in [0.1, 0.15) is 26.2 Å². The lowest BCUT2D eigenvalue weighted by atomic mass is 10.0. The van der Waals surface area contributed by atoms with E-state index < -0.39 is 0 Å². The Kier molecular flexibility index (Phi) is 4.55. The molecular weight excluding hydrogens is 194 g/mol. The van der Waals surface area contributed by atoms with Crippen molar-refractivity contribution in [2.24, 2.45) is 5.73 Å². The average Bonchev–Trinajstić information content (AvgIpc) is 2.29. The molecule has 1 saturated heterocycles. The highest BCUT2D eigenvalue weighted by molar-refractivity contribution is 5.78. The third-order valence-electron chi connectivity index (χ3n) is 2.71. The van der Waals surface area contributed by atoms with E-state index in [2.05, 4.69) is 5.32 Å². The minimum absolute atomic E-state index is 0.00438. The van der Waals surface area contributed by atoms with E-state index in [1.807, 2.05) is 6.92 Å². The second-order valence-corrected chi connectivity index (χ2v) is 3.78. The van der Waals surface area contributed by atoms with Crippen molar-refractivity contribution in [3.05, 3.63) is 0 Å². The fourth-order valence-electron chi connectivity index (χ4n) is 1.73. The summed E-state index contributed by atoms with van der Waals surface area (Å²) in [7, 11) is 0. The largest absolute Gasteiger partial charge is 0.353 e. The number of likely N-dealkylation sites (tertiary alicyclic amines) is 1. The molecule has 15 heavy (non-hydrogen) atoms. The molecule has 0 aromatic carbocycles. The molecule has 1 fully saturated rings. The van der Waals surface area contributed by atoms with Gasteiger partial charge in [0.05, 0.1) is 6.54 Å². The zero-order chi connectivity index (χ0) is 11.3. The van der Waals surface area contributed by atoms with Crippen LogP contribution in [0.25, 0.3) is 0 Å². The molecule has 0 unspecified atom stereocenters. The third-order valence-corrected chi connectivity index (χ3v) is 2.71. The molecule has 0 aromatic heterocycles. The van der Waals surface area contributed by atoms with Gasteiger partial charge in [0.25, 0.3) is 0 Å². The lowest BCUT2D eigenvalue weighted by Gasteiger charge is -2.32. The quantitative estimate of drug-likeness (QED) is 0.661. The molecule has 0 aliphatic carbocycles. The molecule has 0 saturated carbocycles. The number of nitrogens with zero attached hydrogens (tertiary/aromatic N) is 1. The molecule has 5 nitrogen and oxygen atoms in total. The van der Waals surface area contributed by atoms with Crippen LogP contribution in [0, 0.1) is 0 Å². The summed E-state index contributed by atoms with van der Waals surface area (Å²) < 4.78 is 0. The molecule has 0 atom stereocenters. The molecule has 0 spiro atoms. The molecule has 1 aliphatic rings. The Morgan fingerprint density at radius 1 is 1.40 bits per heavy atom. The van der Waals surface area contributed by atoms with E-state index in [1.165, 1.54) is 0 Å². The second kappa shape index (κ2) is 5.70. The van der Waals surface area contributed by atoms with Crippen molar-refractivity contribution in [1.82, 2.24) is 10.2 Å². The van der Waals surface area contributed by atoms with Crippen LogP contribution in [-0.2, 0) is 9.59 Å². The molecule has 0 radical (unpaired) electrons. The van der Waals surface area contributed by atoms with Crippen LogP contribution in [0.2, 0.25) is 0 Å². The summed E-state index contributed by atoms with van der Waals surface area (Å²) >= 11 is 0. The number of hydrogen-bond donors (Lipinski definition) is 2. The van der Waals surface area contributed by atoms with Gasteiger partial charge in [-0.1, -0.05) is 6.92 Å². The van der Waals surface area contributed by atoms with Crippen molar-refractivity contribution >= 4 is 11.8 Å². The van der Waals surface area contributed by atoms with E-state index in [9.17, 15) is 9.59 Å². The Morgan fingerprint density at radius 3 is 2.47 bits per heavy atom. The zero-order valence-corrected chi connectivity index (χ0v) is 9.16. The van der Waals surface area contributed by atoms with Crippen molar-refractivity contribution in [2.75, 3.05) is 19.6 Å². The van der Waals surface area contributed by atoms with E-state index in [0.717, 1.165) is 12.8 Å². The molecule has 3 N–H and O–H groups in total. The van der Waals surface area contributed by atoms with Crippen LogP contribution in [0.15, 0.2) is 0 Å². The summed E-state index contributed by atoms with van der Waals surface area (Å²) in [6.07, 6.45) is 2.18.